The predicted octanol–water partition coefficient (Wildman–Crippen LogP) is 2.71. The molecule has 0 radical (unpaired) electrons. The predicted molar refractivity (Wildman–Crippen MR) is 76.7 cm³/mol. The molecule has 3 atom stereocenters. The molecule has 1 aromatic rings. The van der Waals surface area contributed by atoms with Crippen LogP contribution in [0, 0.1) is 11.8 Å². The van der Waals surface area contributed by atoms with Gasteiger partial charge in [0.1, 0.15) is 0 Å². The van der Waals surface area contributed by atoms with Gasteiger partial charge in [-0.1, -0.05) is 6.42 Å². The Kier molecular flexibility index (Phi) is 3.47. The van der Waals surface area contributed by atoms with Crippen molar-refractivity contribution in [2.45, 2.75) is 25.3 Å². The third-order valence-electron chi connectivity index (χ3n) is 4.26. The average Bonchev–Trinajstić information content (AvgIpc) is 2.95. The fourth-order valence-electron chi connectivity index (χ4n) is 3.29. The highest BCUT2D eigenvalue weighted by Gasteiger charge is 2.40. The number of amides is 1. The highest BCUT2D eigenvalue weighted by atomic mass is 79.9. The molecule has 5 heteroatoms. The molecular weight excluding hydrogens is 312 g/mol. The molecule has 2 aliphatic rings. The molecule has 2 fully saturated rings. The van der Waals surface area contributed by atoms with Gasteiger partial charge >= 0.3 is 0 Å². The van der Waals surface area contributed by atoms with Gasteiger partial charge < -0.3 is 10.6 Å². The van der Waals surface area contributed by atoms with Crippen molar-refractivity contribution in [2.75, 3.05) is 13.1 Å². The molecule has 3 nitrogen and oxygen atoms in total. The molecule has 2 heterocycles. The summed E-state index contributed by atoms with van der Waals surface area (Å²) in [5.74, 6) is 1.31. The lowest BCUT2D eigenvalue weighted by atomic mass is 9.78. The molecule has 1 saturated carbocycles. The lowest BCUT2D eigenvalue weighted by Gasteiger charge is -2.29. The van der Waals surface area contributed by atoms with Crippen LogP contribution >= 0.6 is 27.3 Å². The summed E-state index contributed by atoms with van der Waals surface area (Å²) in [4.78, 5) is 14.4. The Morgan fingerprint density at radius 2 is 2.28 bits per heavy atom. The second-order valence-electron chi connectivity index (χ2n) is 5.37. The summed E-state index contributed by atoms with van der Waals surface area (Å²) in [6.07, 6.45) is 3.57. The average molecular weight is 329 g/mol. The summed E-state index contributed by atoms with van der Waals surface area (Å²) >= 11 is 4.97. The Bertz CT molecular complexity index is 462. The van der Waals surface area contributed by atoms with E-state index in [2.05, 4.69) is 15.9 Å². The van der Waals surface area contributed by atoms with Crippen LogP contribution in [0.1, 0.15) is 29.6 Å². The summed E-state index contributed by atoms with van der Waals surface area (Å²) < 4.78 is 1.01. The molecular formula is C13H17BrN2OS. The molecule has 98 valence electrons. The topological polar surface area (TPSA) is 46.3 Å². The van der Waals surface area contributed by atoms with Gasteiger partial charge in [0.05, 0.1) is 9.35 Å². The van der Waals surface area contributed by atoms with E-state index in [-0.39, 0.29) is 11.9 Å². The van der Waals surface area contributed by atoms with Crippen molar-refractivity contribution in [2.24, 2.45) is 17.6 Å². The summed E-state index contributed by atoms with van der Waals surface area (Å²) in [5, 5.41) is 1.92. The summed E-state index contributed by atoms with van der Waals surface area (Å²) in [6.45, 7) is 1.74. The van der Waals surface area contributed by atoms with Crippen molar-refractivity contribution >= 4 is 33.2 Å². The van der Waals surface area contributed by atoms with E-state index in [0.29, 0.717) is 11.8 Å². The first-order valence-electron chi connectivity index (χ1n) is 6.44. The Labute approximate surface area is 119 Å². The van der Waals surface area contributed by atoms with Gasteiger partial charge in [0.2, 0.25) is 0 Å². The third-order valence-corrected chi connectivity index (χ3v) is 5.76. The summed E-state index contributed by atoms with van der Waals surface area (Å²) in [5.41, 5.74) is 6.99. The van der Waals surface area contributed by atoms with E-state index in [4.69, 9.17) is 5.73 Å². The molecule has 3 unspecified atom stereocenters. The first kappa shape index (κ1) is 12.6. The lowest BCUT2D eigenvalue weighted by Crippen LogP contribution is -2.38. The van der Waals surface area contributed by atoms with Gasteiger partial charge in [-0.3, -0.25) is 4.79 Å². The number of likely N-dealkylation sites (tertiary alicyclic amines) is 1. The molecule has 2 N–H and O–H groups in total. The zero-order valence-corrected chi connectivity index (χ0v) is 12.5. The molecule has 18 heavy (non-hydrogen) atoms. The van der Waals surface area contributed by atoms with Crippen LogP contribution in [-0.2, 0) is 0 Å². The maximum atomic E-state index is 12.4. The first-order chi connectivity index (χ1) is 8.65. The number of nitrogens with zero attached hydrogens (tertiary/aromatic N) is 1. The Hall–Kier alpha value is -0.390. The van der Waals surface area contributed by atoms with Gasteiger partial charge in [-0.25, -0.2) is 0 Å². The molecule has 1 saturated heterocycles. The molecule has 1 aliphatic heterocycles. The van der Waals surface area contributed by atoms with Crippen LogP contribution < -0.4 is 5.73 Å². The van der Waals surface area contributed by atoms with Gasteiger partial charge in [0.25, 0.3) is 5.91 Å². The zero-order chi connectivity index (χ0) is 12.7. The van der Waals surface area contributed by atoms with E-state index in [0.717, 1.165) is 28.9 Å². The minimum absolute atomic E-state index is 0.165. The summed E-state index contributed by atoms with van der Waals surface area (Å²) in [6, 6.07) is 2.20. The SMILES string of the molecule is NC1CCCC2CN(C(=O)c3csc(Br)c3)CC12. The highest BCUT2D eigenvalue weighted by Crippen LogP contribution is 2.36. The lowest BCUT2D eigenvalue weighted by molar-refractivity contribution is 0.0784. The number of hydrogen-bond donors (Lipinski definition) is 1. The van der Waals surface area contributed by atoms with Crippen LogP contribution in [-0.4, -0.2) is 29.9 Å². The quantitative estimate of drug-likeness (QED) is 0.861. The minimum atomic E-state index is 0.165. The number of halogens is 1. The fourth-order valence-corrected chi connectivity index (χ4v) is 4.42. The normalized spacial score (nSPS) is 31.4. The maximum Gasteiger partial charge on any atom is 0.254 e. The van der Waals surface area contributed by atoms with Gasteiger partial charge in [-0.2, -0.15) is 0 Å². The molecule has 1 amide bonds. The Morgan fingerprint density at radius 1 is 1.44 bits per heavy atom. The van der Waals surface area contributed by atoms with E-state index in [1.165, 1.54) is 12.8 Å². The van der Waals surface area contributed by atoms with Crippen LogP contribution in [0.4, 0.5) is 0 Å². The number of thiophene rings is 1. The van der Waals surface area contributed by atoms with E-state index in [1.807, 2.05) is 16.3 Å². The zero-order valence-electron chi connectivity index (χ0n) is 10.1. The standard InChI is InChI=1S/C13H17BrN2OS/c14-12-4-9(7-18-12)13(17)16-5-8-2-1-3-11(15)10(8)6-16/h4,7-8,10-11H,1-3,5-6,15H2. The smallest absolute Gasteiger partial charge is 0.254 e. The van der Waals surface area contributed by atoms with Crippen LogP contribution in [0.5, 0.6) is 0 Å². The molecule has 1 aliphatic carbocycles. The molecule has 1 aromatic heterocycles. The highest BCUT2D eigenvalue weighted by molar-refractivity contribution is 9.11. The van der Waals surface area contributed by atoms with E-state index >= 15 is 0 Å². The number of carbonyl (C=O) groups excluding carboxylic acids is 1. The van der Waals surface area contributed by atoms with Crippen LogP contribution in [0.3, 0.4) is 0 Å². The van der Waals surface area contributed by atoms with E-state index in [9.17, 15) is 4.79 Å². The van der Waals surface area contributed by atoms with Gasteiger partial charge in [0.15, 0.2) is 0 Å². The summed E-state index contributed by atoms with van der Waals surface area (Å²) in [7, 11) is 0. The second-order valence-corrected chi connectivity index (χ2v) is 7.66. The van der Waals surface area contributed by atoms with Crippen molar-refractivity contribution < 1.29 is 4.79 Å². The van der Waals surface area contributed by atoms with Gasteiger partial charge in [-0.15, -0.1) is 11.3 Å². The van der Waals surface area contributed by atoms with Crippen LogP contribution in [0.25, 0.3) is 0 Å². The van der Waals surface area contributed by atoms with Gasteiger partial charge in [-0.05, 0) is 46.7 Å². The molecule has 3 rings (SSSR count). The molecule has 0 bridgehead atoms. The van der Waals surface area contributed by atoms with Crippen molar-refractivity contribution in [3.8, 4) is 0 Å². The first-order valence-corrected chi connectivity index (χ1v) is 8.11. The van der Waals surface area contributed by atoms with Crippen molar-refractivity contribution in [3.63, 3.8) is 0 Å². The number of hydrogen-bond acceptors (Lipinski definition) is 3. The monoisotopic (exact) mass is 328 g/mol. The van der Waals surface area contributed by atoms with Crippen molar-refractivity contribution in [1.82, 2.24) is 4.90 Å². The minimum Gasteiger partial charge on any atom is -0.338 e. The fraction of sp³-hybridized carbons (Fsp3) is 0.615. The number of rotatable bonds is 1. The van der Waals surface area contributed by atoms with E-state index in [1.54, 1.807) is 11.3 Å². The Balaban J connectivity index is 1.73. The molecule has 0 aromatic carbocycles. The number of nitrogens with two attached hydrogens (primary N) is 1. The molecule has 0 spiro atoms. The van der Waals surface area contributed by atoms with Crippen molar-refractivity contribution in [1.29, 1.82) is 0 Å². The largest absolute Gasteiger partial charge is 0.338 e. The maximum absolute atomic E-state index is 12.4. The number of carbonyl (C=O) groups is 1. The Morgan fingerprint density at radius 3 is 2.94 bits per heavy atom. The van der Waals surface area contributed by atoms with E-state index < -0.39 is 0 Å². The second kappa shape index (κ2) is 4.94. The van der Waals surface area contributed by atoms with Crippen LogP contribution in [0.2, 0.25) is 0 Å². The van der Waals surface area contributed by atoms with Gasteiger partial charge in [0, 0.05) is 24.5 Å². The number of fused-ring (bicyclic) bond motifs is 1. The van der Waals surface area contributed by atoms with Crippen LogP contribution in [0.15, 0.2) is 15.2 Å². The van der Waals surface area contributed by atoms with Crippen molar-refractivity contribution in [3.05, 3.63) is 20.8 Å². The third kappa shape index (κ3) is 2.24.